The van der Waals surface area contributed by atoms with Crippen molar-refractivity contribution in [2.75, 3.05) is 19.8 Å². The average Bonchev–Trinajstić information content (AvgIpc) is 2.34. The number of nitrogens with zero attached hydrogens (tertiary/aromatic N) is 1. The average molecular weight is 253 g/mol. The zero-order valence-corrected chi connectivity index (χ0v) is 9.51. The van der Waals surface area contributed by atoms with Crippen molar-refractivity contribution in [2.24, 2.45) is 0 Å². The maximum Gasteiger partial charge on any atom is 0.255 e. The van der Waals surface area contributed by atoms with E-state index in [0.717, 1.165) is 4.90 Å². The Kier molecular flexibility index (Phi) is 3.69. The van der Waals surface area contributed by atoms with Crippen LogP contribution in [0.5, 0.6) is 0 Å². The molecule has 5 nitrogen and oxygen atoms in total. The number of aliphatic hydroxyl groups excluding tert-OH is 1. The van der Waals surface area contributed by atoms with Gasteiger partial charge in [-0.2, -0.15) is 0 Å². The summed E-state index contributed by atoms with van der Waals surface area (Å²) in [5.41, 5.74) is 0.0598. The summed E-state index contributed by atoms with van der Waals surface area (Å²) in [5.74, 6) is -1.62. The van der Waals surface area contributed by atoms with Gasteiger partial charge in [0.1, 0.15) is 19.0 Å². The number of aliphatic hydroxyl groups is 1. The Morgan fingerprint density at radius 3 is 2.50 bits per heavy atom. The summed E-state index contributed by atoms with van der Waals surface area (Å²) in [6, 6.07) is 5.69. The van der Waals surface area contributed by atoms with Crippen LogP contribution in [-0.4, -0.2) is 41.6 Å². The molecule has 18 heavy (non-hydrogen) atoms. The Morgan fingerprint density at radius 1 is 1.28 bits per heavy atom. The molecule has 0 spiro atoms. The lowest BCUT2D eigenvalue weighted by molar-refractivity contribution is -0.160. The van der Waals surface area contributed by atoms with Gasteiger partial charge in [0.15, 0.2) is 0 Å². The van der Waals surface area contributed by atoms with Crippen LogP contribution in [0.25, 0.3) is 0 Å². The normalized spacial score (nSPS) is 18.0. The Balaban J connectivity index is 2.11. The molecule has 1 N–H and O–H groups in total. The predicted octanol–water partition coefficient (Wildman–Crippen LogP) is 0.244. The minimum Gasteiger partial charge on any atom is -0.386 e. The molecule has 0 radical (unpaired) electrons. The molecule has 0 aliphatic carbocycles. The maximum atomic E-state index is 13.4. The molecule has 1 unspecified atom stereocenters. The van der Waals surface area contributed by atoms with Gasteiger partial charge in [0.05, 0.1) is 12.6 Å². The van der Waals surface area contributed by atoms with Crippen LogP contribution in [0.15, 0.2) is 24.3 Å². The first-order valence-electron chi connectivity index (χ1n) is 5.43. The molecule has 1 heterocycles. The molecule has 1 atom stereocenters. The van der Waals surface area contributed by atoms with E-state index in [0.29, 0.717) is 0 Å². The number of ether oxygens (including phenoxy) is 1. The van der Waals surface area contributed by atoms with E-state index in [-0.39, 0.29) is 25.3 Å². The maximum absolute atomic E-state index is 13.4. The van der Waals surface area contributed by atoms with Crippen LogP contribution in [-0.2, 0) is 14.3 Å². The van der Waals surface area contributed by atoms with E-state index in [2.05, 4.69) is 0 Å². The van der Waals surface area contributed by atoms with Crippen molar-refractivity contribution in [1.82, 2.24) is 4.90 Å². The van der Waals surface area contributed by atoms with E-state index >= 15 is 0 Å². The molecule has 2 amide bonds. The topological polar surface area (TPSA) is 66.8 Å². The number of amides is 2. The highest BCUT2D eigenvalue weighted by molar-refractivity contribution is 5.98. The number of hydrogen-bond acceptors (Lipinski definition) is 4. The van der Waals surface area contributed by atoms with Crippen molar-refractivity contribution in [3.63, 3.8) is 0 Å². The molecule has 0 aromatic heterocycles. The number of rotatable bonds is 3. The summed E-state index contributed by atoms with van der Waals surface area (Å²) in [6.07, 6.45) is -1.24. The van der Waals surface area contributed by atoms with E-state index < -0.39 is 23.7 Å². The molecular formula is C12H12FNO4. The number of imide groups is 1. The molecule has 1 saturated heterocycles. The van der Waals surface area contributed by atoms with Gasteiger partial charge in [0, 0.05) is 5.56 Å². The molecule has 1 aliphatic heterocycles. The second-order valence-corrected chi connectivity index (χ2v) is 3.93. The summed E-state index contributed by atoms with van der Waals surface area (Å²) in [7, 11) is 0. The Hall–Kier alpha value is -1.79. The molecule has 1 aromatic rings. The third-order valence-corrected chi connectivity index (χ3v) is 2.67. The summed E-state index contributed by atoms with van der Waals surface area (Å²) in [4.78, 5) is 23.8. The third-order valence-electron chi connectivity index (χ3n) is 2.67. The van der Waals surface area contributed by atoms with Gasteiger partial charge in [-0.25, -0.2) is 4.39 Å². The lowest BCUT2D eigenvalue weighted by Crippen LogP contribution is -2.47. The second-order valence-electron chi connectivity index (χ2n) is 3.93. The van der Waals surface area contributed by atoms with Crippen molar-refractivity contribution < 1.29 is 23.8 Å². The first-order chi connectivity index (χ1) is 8.59. The first kappa shape index (κ1) is 12.7. The summed E-state index contributed by atoms with van der Waals surface area (Å²) >= 11 is 0. The zero-order valence-electron chi connectivity index (χ0n) is 9.51. The number of benzene rings is 1. The summed E-state index contributed by atoms with van der Waals surface area (Å²) in [5, 5.41) is 9.86. The number of carbonyl (C=O) groups excluding carboxylic acids is 2. The second kappa shape index (κ2) is 5.24. The lowest BCUT2D eigenvalue weighted by Gasteiger charge is -2.27. The highest BCUT2D eigenvalue weighted by Gasteiger charge is 2.29. The molecule has 1 aromatic carbocycles. The van der Waals surface area contributed by atoms with Crippen LogP contribution in [0.4, 0.5) is 4.39 Å². The molecule has 0 saturated carbocycles. The molecule has 6 heteroatoms. The first-order valence-corrected chi connectivity index (χ1v) is 5.43. The van der Waals surface area contributed by atoms with Crippen LogP contribution >= 0.6 is 0 Å². The van der Waals surface area contributed by atoms with Crippen molar-refractivity contribution in [3.8, 4) is 0 Å². The predicted molar refractivity (Wildman–Crippen MR) is 58.9 cm³/mol. The molecule has 2 rings (SSSR count). The Morgan fingerprint density at radius 2 is 1.89 bits per heavy atom. The van der Waals surface area contributed by atoms with Gasteiger partial charge in [0.2, 0.25) is 0 Å². The van der Waals surface area contributed by atoms with Gasteiger partial charge < -0.3 is 9.84 Å². The standard InChI is InChI=1S/C12H12FNO4/c13-9-4-2-1-3-8(9)10(15)5-14-11(16)6-18-7-12(14)17/h1-4,10,15H,5-7H2. The van der Waals surface area contributed by atoms with E-state index in [1.807, 2.05) is 0 Å². The quantitative estimate of drug-likeness (QED) is 0.784. The monoisotopic (exact) mass is 253 g/mol. The van der Waals surface area contributed by atoms with Crippen LogP contribution in [0.1, 0.15) is 11.7 Å². The minimum absolute atomic E-state index is 0.0598. The van der Waals surface area contributed by atoms with Gasteiger partial charge >= 0.3 is 0 Å². The number of hydrogen-bond donors (Lipinski definition) is 1. The fourth-order valence-corrected chi connectivity index (χ4v) is 1.74. The van der Waals surface area contributed by atoms with Gasteiger partial charge in [-0.05, 0) is 6.07 Å². The fourth-order valence-electron chi connectivity index (χ4n) is 1.74. The summed E-state index contributed by atoms with van der Waals surface area (Å²) in [6.45, 7) is -0.659. The van der Waals surface area contributed by atoms with Crippen molar-refractivity contribution in [3.05, 3.63) is 35.6 Å². The summed E-state index contributed by atoms with van der Waals surface area (Å²) < 4.78 is 18.2. The SMILES string of the molecule is O=C1COCC(=O)N1CC(O)c1ccccc1F. The molecule has 96 valence electrons. The third kappa shape index (κ3) is 2.55. The van der Waals surface area contributed by atoms with Crippen LogP contribution in [0.2, 0.25) is 0 Å². The highest BCUT2D eigenvalue weighted by atomic mass is 19.1. The molecule has 1 aliphatic rings. The van der Waals surface area contributed by atoms with E-state index in [9.17, 15) is 19.1 Å². The van der Waals surface area contributed by atoms with Crippen molar-refractivity contribution >= 4 is 11.8 Å². The van der Waals surface area contributed by atoms with Crippen LogP contribution in [0, 0.1) is 5.82 Å². The van der Waals surface area contributed by atoms with Gasteiger partial charge in [0.25, 0.3) is 11.8 Å². The van der Waals surface area contributed by atoms with Crippen molar-refractivity contribution in [1.29, 1.82) is 0 Å². The highest BCUT2D eigenvalue weighted by Crippen LogP contribution is 2.18. The number of carbonyl (C=O) groups is 2. The Labute approximate surface area is 103 Å². The van der Waals surface area contributed by atoms with E-state index in [1.165, 1.54) is 18.2 Å². The number of halogens is 1. The van der Waals surface area contributed by atoms with Gasteiger partial charge in [-0.1, -0.05) is 18.2 Å². The van der Waals surface area contributed by atoms with Gasteiger partial charge in [-0.15, -0.1) is 0 Å². The minimum atomic E-state index is -1.24. The fraction of sp³-hybridized carbons (Fsp3) is 0.333. The molecule has 1 fully saturated rings. The van der Waals surface area contributed by atoms with Crippen molar-refractivity contribution in [2.45, 2.75) is 6.10 Å². The van der Waals surface area contributed by atoms with Crippen LogP contribution < -0.4 is 0 Å². The number of morpholine rings is 1. The lowest BCUT2D eigenvalue weighted by atomic mass is 10.1. The van der Waals surface area contributed by atoms with E-state index in [1.54, 1.807) is 6.07 Å². The largest absolute Gasteiger partial charge is 0.386 e. The number of β-amino-alcohol motifs (C(OH)–C–C–N with tert-alkyl or cyclic N) is 1. The van der Waals surface area contributed by atoms with Crippen LogP contribution in [0.3, 0.4) is 0 Å². The van der Waals surface area contributed by atoms with E-state index in [4.69, 9.17) is 4.74 Å². The molecular weight excluding hydrogens is 241 g/mol. The Bertz CT molecular complexity index is 461. The smallest absolute Gasteiger partial charge is 0.255 e. The molecule has 0 bridgehead atoms. The zero-order chi connectivity index (χ0) is 13.1. The van der Waals surface area contributed by atoms with Gasteiger partial charge in [-0.3, -0.25) is 14.5 Å².